The summed E-state index contributed by atoms with van der Waals surface area (Å²) in [6.07, 6.45) is 1.93. The van der Waals surface area contributed by atoms with Crippen LogP contribution in [0.4, 0.5) is 4.79 Å². The summed E-state index contributed by atoms with van der Waals surface area (Å²) >= 11 is 0. The Hall–Kier alpha value is -3.07. The summed E-state index contributed by atoms with van der Waals surface area (Å²) in [5.74, 6) is 0.180. The van der Waals surface area contributed by atoms with E-state index in [4.69, 9.17) is 9.47 Å². The van der Waals surface area contributed by atoms with Gasteiger partial charge in [-0.2, -0.15) is 0 Å². The Balaban J connectivity index is 1.57. The molecule has 1 saturated heterocycles. The van der Waals surface area contributed by atoms with Crippen LogP contribution in [0, 0.1) is 0 Å². The van der Waals surface area contributed by atoms with E-state index >= 15 is 0 Å². The molecule has 3 heterocycles. The van der Waals surface area contributed by atoms with E-state index in [1.807, 2.05) is 12.1 Å². The number of carbonyl (C=O) groups is 3. The number of hydrogen-bond acceptors (Lipinski definition) is 5. The van der Waals surface area contributed by atoms with Crippen LogP contribution >= 0.6 is 0 Å². The summed E-state index contributed by atoms with van der Waals surface area (Å²) in [6, 6.07) is 6.35. The molecule has 2 N–H and O–H groups in total. The number of ether oxygens (including phenoxy) is 2. The highest BCUT2D eigenvalue weighted by Gasteiger charge is 2.49. The molecule has 172 valence electrons. The molecule has 1 fully saturated rings. The van der Waals surface area contributed by atoms with Gasteiger partial charge in [0.2, 0.25) is 5.91 Å². The fraction of sp³-hybridized carbons (Fsp3) is 0.522. The van der Waals surface area contributed by atoms with E-state index in [0.29, 0.717) is 30.2 Å². The van der Waals surface area contributed by atoms with E-state index in [2.05, 4.69) is 10.6 Å². The fourth-order valence-corrected chi connectivity index (χ4v) is 4.42. The Morgan fingerprint density at radius 2 is 2.00 bits per heavy atom. The quantitative estimate of drug-likeness (QED) is 0.697. The topological polar surface area (TPSA) is 100 Å². The third kappa shape index (κ3) is 3.81. The van der Waals surface area contributed by atoms with Gasteiger partial charge in [-0.3, -0.25) is 14.5 Å². The van der Waals surface area contributed by atoms with Crippen molar-refractivity contribution in [1.82, 2.24) is 20.4 Å². The summed E-state index contributed by atoms with van der Waals surface area (Å²) in [7, 11) is 3.22. The molecule has 0 aliphatic carbocycles. The maximum Gasteiger partial charge on any atom is 0.322 e. The summed E-state index contributed by atoms with van der Waals surface area (Å²) in [6.45, 7) is 4.78. The molecule has 32 heavy (non-hydrogen) atoms. The molecule has 0 unspecified atom stereocenters. The number of benzene rings is 1. The lowest BCUT2D eigenvalue weighted by atomic mass is 9.95. The van der Waals surface area contributed by atoms with Crippen molar-refractivity contribution in [3.63, 3.8) is 0 Å². The van der Waals surface area contributed by atoms with E-state index in [0.717, 1.165) is 18.4 Å². The number of likely N-dealkylation sites (N-methyl/N-ethyl adjacent to an activating group) is 1. The van der Waals surface area contributed by atoms with E-state index in [1.165, 1.54) is 9.80 Å². The second-order valence-corrected chi connectivity index (χ2v) is 8.87. The lowest BCUT2D eigenvalue weighted by Crippen LogP contribution is -2.57. The maximum atomic E-state index is 13.6. The van der Waals surface area contributed by atoms with Gasteiger partial charge in [-0.15, -0.1) is 0 Å². The van der Waals surface area contributed by atoms with Crippen LogP contribution in [0.5, 0.6) is 5.75 Å². The first-order valence-corrected chi connectivity index (χ1v) is 10.9. The SMILES string of the molecule is COc1ccc([C@H]2NC(=O)N(C)C3=C2C(=O)N(C(C)(C)C(=O)NC[C@@H]2CCCO2)C3)cc1. The van der Waals surface area contributed by atoms with Gasteiger partial charge in [0.05, 0.1) is 37.1 Å². The van der Waals surface area contributed by atoms with Crippen LogP contribution in [-0.2, 0) is 14.3 Å². The van der Waals surface area contributed by atoms with Crippen LogP contribution in [0.15, 0.2) is 35.5 Å². The van der Waals surface area contributed by atoms with E-state index < -0.39 is 11.6 Å². The van der Waals surface area contributed by atoms with Crippen molar-refractivity contribution in [2.75, 3.05) is 33.9 Å². The Kier molecular flexibility index (Phi) is 5.85. The average molecular weight is 443 g/mol. The largest absolute Gasteiger partial charge is 0.497 e. The van der Waals surface area contributed by atoms with Crippen LogP contribution in [-0.4, -0.2) is 73.1 Å². The Labute approximate surface area is 187 Å². The number of amides is 4. The zero-order valence-electron chi connectivity index (χ0n) is 18.9. The minimum Gasteiger partial charge on any atom is -0.497 e. The highest BCUT2D eigenvalue weighted by Crippen LogP contribution is 2.38. The molecule has 9 heteroatoms. The summed E-state index contributed by atoms with van der Waals surface area (Å²) in [5, 5.41) is 5.84. The number of carbonyl (C=O) groups excluding carboxylic acids is 3. The van der Waals surface area contributed by atoms with Gasteiger partial charge in [0, 0.05) is 20.2 Å². The first kappa shape index (κ1) is 22.1. The van der Waals surface area contributed by atoms with Gasteiger partial charge in [-0.05, 0) is 44.4 Å². The number of nitrogens with one attached hydrogen (secondary N) is 2. The second-order valence-electron chi connectivity index (χ2n) is 8.87. The molecular formula is C23H30N4O5. The molecule has 4 amide bonds. The molecule has 0 radical (unpaired) electrons. The Bertz CT molecular complexity index is 950. The first-order valence-electron chi connectivity index (χ1n) is 10.9. The molecule has 1 aromatic rings. The zero-order chi connectivity index (χ0) is 23.0. The molecule has 3 aliphatic rings. The van der Waals surface area contributed by atoms with E-state index in [9.17, 15) is 14.4 Å². The van der Waals surface area contributed by atoms with Crippen molar-refractivity contribution in [3.05, 3.63) is 41.1 Å². The van der Waals surface area contributed by atoms with Crippen LogP contribution in [0.2, 0.25) is 0 Å². The Morgan fingerprint density at radius 1 is 1.28 bits per heavy atom. The number of nitrogens with zero attached hydrogens (tertiary/aromatic N) is 2. The van der Waals surface area contributed by atoms with Gasteiger partial charge in [0.15, 0.2) is 0 Å². The van der Waals surface area contributed by atoms with Gasteiger partial charge < -0.3 is 25.0 Å². The van der Waals surface area contributed by atoms with Crippen molar-refractivity contribution in [2.45, 2.75) is 44.4 Å². The predicted molar refractivity (Wildman–Crippen MR) is 117 cm³/mol. The highest BCUT2D eigenvalue weighted by atomic mass is 16.5. The standard InChI is InChI=1S/C23H30N4O5/c1-23(2,21(29)24-12-16-6-5-11-32-16)27-13-17-18(20(27)28)19(25-22(30)26(17)3)14-7-9-15(31-4)10-8-14/h7-10,16,19H,5-6,11-13H2,1-4H3,(H,24,29)(H,25,30)/t16-,19+/m0/s1. The number of methoxy groups -OCH3 is 1. The van der Waals surface area contributed by atoms with E-state index in [-0.39, 0.29) is 30.5 Å². The van der Waals surface area contributed by atoms with Crippen LogP contribution < -0.4 is 15.4 Å². The minimum atomic E-state index is -1.10. The van der Waals surface area contributed by atoms with Crippen molar-refractivity contribution in [3.8, 4) is 5.75 Å². The van der Waals surface area contributed by atoms with Gasteiger partial charge in [0.25, 0.3) is 5.91 Å². The molecule has 4 rings (SSSR count). The highest BCUT2D eigenvalue weighted by molar-refractivity contribution is 6.04. The fourth-order valence-electron chi connectivity index (χ4n) is 4.42. The molecule has 0 aromatic heterocycles. The third-order valence-electron chi connectivity index (χ3n) is 6.55. The van der Waals surface area contributed by atoms with Crippen LogP contribution in [0.1, 0.15) is 38.3 Å². The predicted octanol–water partition coefficient (Wildman–Crippen LogP) is 1.56. The van der Waals surface area contributed by atoms with Crippen molar-refractivity contribution in [2.24, 2.45) is 0 Å². The molecule has 0 spiro atoms. The average Bonchev–Trinajstić information content (AvgIpc) is 3.43. The molecule has 0 saturated carbocycles. The molecule has 9 nitrogen and oxygen atoms in total. The van der Waals surface area contributed by atoms with E-state index in [1.54, 1.807) is 40.1 Å². The molecular weight excluding hydrogens is 412 g/mol. The molecule has 0 bridgehead atoms. The number of hydrogen-bond donors (Lipinski definition) is 2. The van der Waals surface area contributed by atoms with Gasteiger partial charge >= 0.3 is 6.03 Å². The van der Waals surface area contributed by atoms with Crippen molar-refractivity contribution in [1.29, 1.82) is 0 Å². The maximum absolute atomic E-state index is 13.6. The lowest BCUT2D eigenvalue weighted by Gasteiger charge is -2.35. The minimum absolute atomic E-state index is 0.0165. The molecule has 2 atom stereocenters. The monoisotopic (exact) mass is 442 g/mol. The normalized spacial score (nSPS) is 23.4. The Morgan fingerprint density at radius 3 is 2.62 bits per heavy atom. The van der Waals surface area contributed by atoms with Gasteiger partial charge in [-0.1, -0.05) is 12.1 Å². The van der Waals surface area contributed by atoms with Gasteiger partial charge in [-0.25, -0.2) is 4.79 Å². The third-order valence-corrected chi connectivity index (χ3v) is 6.55. The zero-order valence-corrected chi connectivity index (χ0v) is 18.9. The summed E-state index contributed by atoms with van der Waals surface area (Å²) in [5.41, 5.74) is 0.772. The van der Waals surface area contributed by atoms with Crippen molar-refractivity contribution >= 4 is 17.8 Å². The van der Waals surface area contributed by atoms with Crippen molar-refractivity contribution < 1.29 is 23.9 Å². The summed E-state index contributed by atoms with van der Waals surface area (Å²) in [4.78, 5) is 42.2. The first-order chi connectivity index (χ1) is 15.2. The molecule has 3 aliphatic heterocycles. The van der Waals surface area contributed by atoms with Crippen LogP contribution in [0.3, 0.4) is 0 Å². The second kappa shape index (κ2) is 8.46. The van der Waals surface area contributed by atoms with Crippen LogP contribution in [0.25, 0.3) is 0 Å². The smallest absolute Gasteiger partial charge is 0.322 e. The number of urea groups is 1. The summed E-state index contributed by atoms with van der Waals surface area (Å²) < 4.78 is 10.8. The van der Waals surface area contributed by atoms with Gasteiger partial charge in [0.1, 0.15) is 11.3 Å². The number of rotatable bonds is 6. The molecule has 1 aromatic carbocycles. The lowest BCUT2D eigenvalue weighted by molar-refractivity contribution is -0.142.